The number of hydrogen-bond acceptors (Lipinski definition) is 3. The van der Waals surface area contributed by atoms with Crippen LogP contribution in [0.25, 0.3) is 0 Å². The number of hydrogen-bond donors (Lipinski definition) is 1. The van der Waals surface area contributed by atoms with Crippen molar-refractivity contribution in [3.8, 4) is 0 Å². The third-order valence-corrected chi connectivity index (χ3v) is 5.75. The van der Waals surface area contributed by atoms with Crippen molar-refractivity contribution in [3.63, 3.8) is 0 Å². The van der Waals surface area contributed by atoms with Gasteiger partial charge in [0, 0.05) is 47.9 Å². The Kier molecular flexibility index (Phi) is 6.92. The summed E-state index contributed by atoms with van der Waals surface area (Å²) in [6.45, 7) is 5.93. The van der Waals surface area contributed by atoms with E-state index in [0.29, 0.717) is 17.1 Å². The van der Waals surface area contributed by atoms with Gasteiger partial charge in [0.25, 0.3) is 5.91 Å². The van der Waals surface area contributed by atoms with Gasteiger partial charge in [-0.15, -0.1) is 0 Å². The van der Waals surface area contributed by atoms with Gasteiger partial charge in [-0.3, -0.25) is 9.69 Å². The number of nitrogens with one attached hydrogen (secondary N) is 1. The fourth-order valence-electron chi connectivity index (χ4n) is 3.05. The number of carbonyl (C=O) groups is 1. The summed E-state index contributed by atoms with van der Waals surface area (Å²) in [5.74, 6) is -0.0736. The van der Waals surface area contributed by atoms with Crippen LogP contribution >= 0.6 is 34.2 Å². The van der Waals surface area contributed by atoms with Crippen LogP contribution in [0.5, 0.6) is 0 Å². The fraction of sp³-hybridized carbons (Fsp3) is 0.350. The minimum absolute atomic E-state index is 0.0736. The zero-order chi connectivity index (χ0) is 18.5. The summed E-state index contributed by atoms with van der Waals surface area (Å²) in [5.41, 5.74) is 3.07. The summed E-state index contributed by atoms with van der Waals surface area (Å²) < 4.78 is 0.858. The number of benzene rings is 2. The Morgan fingerprint density at radius 3 is 2.58 bits per heavy atom. The molecule has 0 saturated carbocycles. The van der Waals surface area contributed by atoms with E-state index in [1.54, 1.807) is 18.2 Å². The number of carbonyl (C=O) groups excluding carboxylic acids is 1. The molecular weight excluding hydrogens is 461 g/mol. The molecule has 0 unspecified atom stereocenters. The molecule has 2 aromatic rings. The van der Waals surface area contributed by atoms with Crippen LogP contribution in [0.15, 0.2) is 42.5 Å². The minimum Gasteiger partial charge on any atom is -0.348 e. The van der Waals surface area contributed by atoms with Crippen molar-refractivity contribution in [3.05, 3.63) is 67.7 Å². The van der Waals surface area contributed by atoms with Crippen molar-refractivity contribution in [2.75, 3.05) is 33.2 Å². The first-order chi connectivity index (χ1) is 12.5. The molecule has 0 bridgehead atoms. The zero-order valence-electron chi connectivity index (χ0n) is 14.8. The molecule has 1 aliphatic rings. The van der Waals surface area contributed by atoms with Gasteiger partial charge < -0.3 is 10.2 Å². The predicted molar refractivity (Wildman–Crippen MR) is 115 cm³/mol. The molecule has 0 aliphatic carbocycles. The first kappa shape index (κ1) is 19.6. The Morgan fingerprint density at radius 1 is 1.12 bits per heavy atom. The third kappa shape index (κ3) is 5.42. The lowest BCUT2D eigenvalue weighted by atomic mass is 10.1. The monoisotopic (exact) mass is 483 g/mol. The molecule has 1 saturated heterocycles. The van der Waals surface area contributed by atoms with Crippen molar-refractivity contribution >= 4 is 40.1 Å². The summed E-state index contributed by atoms with van der Waals surface area (Å²) in [4.78, 5) is 17.3. The number of likely N-dealkylation sites (N-methyl/N-ethyl adjacent to an activating group) is 1. The van der Waals surface area contributed by atoms with E-state index >= 15 is 0 Å². The fourth-order valence-corrected chi connectivity index (χ4v) is 4.17. The van der Waals surface area contributed by atoms with Crippen molar-refractivity contribution in [1.29, 1.82) is 0 Å². The Morgan fingerprint density at radius 2 is 1.85 bits per heavy atom. The van der Waals surface area contributed by atoms with Gasteiger partial charge in [0.1, 0.15) is 0 Å². The Balaban J connectivity index is 1.57. The van der Waals surface area contributed by atoms with Crippen LogP contribution in [0.3, 0.4) is 0 Å². The molecule has 1 aliphatic heterocycles. The van der Waals surface area contributed by atoms with Gasteiger partial charge in [-0.05, 0) is 59.0 Å². The summed E-state index contributed by atoms with van der Waals surface area (Å²) in [7, 11) is 2.17. The molecule has 1 fully saturated rings. The number of nitrogens with zero attached hydrogens (tertiary/aromatic N) is 2. The van der Waals surface area contributed by atoms with Crippen LogP contribution in [0.4, 0.5) is 0 Å². The van der Waals surface area contributed by atoms with Gasteiger partial charge in [-0.25, -0.2) is 0 Å². The molecule has 0 radical (unpaired) electrons. The van der Waals surface area contributed by atoms with Gasteiger partial charge in [0.2, 0.25) is 0 Å². The largest absolute Gasteiger partial charge is 0.348 e. The maximum absolute atomic E-state index is 12.4. The molecule has 2 aromatic carbocycles. The first-order valence-corrected chi connectivity index (χ1v) is 10.2. The van der Waals surface area contributed by atoms with Crippen LogP contribution in [0.1, 0.15) is 21.5 Å². The molecule has 1 amide bonds. The second-order valence-electron chi connectivity index (χ2n) is 6.71. The maximum atomic E-state index is 12.4. The average Bonchev–Trinajstić information content (AvgIpc) is 2.62. The normalized spacial score (nSPS) is 15.8. The smallest absolute Gasteiger partial charge is 0.252 e. The zero-order valence-corrected chi connectivity index (χ0v) is 17.8. The van der Waals surface area contributed by atoms with E-state index in [9.17, 15) is 4.79 Å². The van der Waals surface area contributed by atoms with Crippen molar-refractivity contribution in [2.45, 2.75) is 13.1 Å². The maximum Gasteiger partial charge on any atom is 0.252 e. The van der Waals surface area contributed by atoms with Crippen molar-refractivity contribution in [1.82, 2.24) is 15.1 Å². The quantitative estimate of drug-likeness (QED) is 0.660. The lowest BCUT2D eigenvalue weighted by molar-refractivity contribution is 0.0950. The molecule has 138 valence electrons. The first-order valence-electron chi connectivity index (χ1n) is 8.73. The van der Waals surface area contributed by atoms with E-state index in [2.05, 4.69) is 69.0 Å². The van der Waals surface area contributed by atoms with E-state index in [1.807, 2.05) is 0 Å². The molecule has 1 N–H and O–H groups in total. The molecule has 0 atom stereocenters. The van der Waals surface area contributed by atoms with E-state index in [-0.39, 0.29) is 5.91 Å². The second kappa shape index (κ2) is 9.17. The molecule has 1 heterocycles. The van der Waals surface area contributed by atoms with Gasteiger partial charge >= 0.3 is 0 Å². The molecule has 26 heavy (non-hydrogen) atoms. The lowest BCUT2D eigenvalue weighted by Gasteiger charge is -2.32. The van der Waals surface area contributed by atoms with E-state index in [0.717, 1.165) is 41.9 Å². The standard InChI is InChI=1S/C20H23ClIN3O/c1-24-7-9-25(10-8-24)14-16-4-2-3-15(11-16)13-23-20(26)18-6-5-17(21)12-19(18)22/h2-6,11-12H,7-10,13-14H2,1H3,(H,23,26). The predicted octanol–water partition coefficient (Wildman–Crippen LogP) is 3.62. The topological polar surface area (TPSA) is 35.6 Å². The highest BCUT2D eigenvalue weighted by Gasteiger charge is 2.14. The van der Waals surface area contributed by atoms with E-state index in [1.165, 1.54) is 5.56 Å². The van der Waals surface area contributed by atoms with Gasteiger partial charge in [0.05, 0.1) is 5.56 Å². The highest BCUT2D eigenvalue weighted by atomic mass is 127. The summed E-state index contributed by atoms with van der Waals surface area (Å²) in [5, 5.41) is 3.65. The Labute approximate surface area is 173 Å². The molecule has 4 nitrogen and oxygen atoms in total. The second-order valence-corrected chi connectivity index (χ2v) is 8.30. The average molecular weight is 484 g/mol. The van der Waals surface area contributed by atoms with Gasteiger partial charge in [-0.2, -0.15) is 0 Å². The van der Waals surface area contributed by atoms with Crippen LogP contribution in [0.2, 0.25) is 5.02 Å². The Bertz CT molecular complexity index is 775. The number of halogens is 2. The van der Waals surface area contributed by atoms with E-state index in [4.69, 9.17) is 11.6 Å². The van der Waals surface area contributed by atoms with Crippen LogP contribution in [-0.2, 0) is 13.1 Å². The number of amides is 1. The third-order valence-electron chi connectivity index (χ3n) is 4.62. The Hall–Kier alpha value is -1.15. The number of rotatable bonds is 5. The molecular formula is C20H23ClIN3O. The number of piperazine rings is 1. The SMILES string of the molecule is CN1CCN(Cc2cccc(CNC(=O)c3ccc(Cl)cc3I)c2)CC1. The van der Waals surface area contributed by atoms with Crippen LogP contribution in [-0.4, -0.2) is 48.9 Å². The van der Waals surface area contributed by atoms with Crippen LogP contribution < -0.4 is 5.32 Å². The van der Waals surface area contributed by atoms with Crippen molar-refractivity contribution < 1.29 is 4.79 Å². The summed E-state index contributed by atoms with van der Waals surface area (Å²) in [6.07, 6.45) is 0. The molecule has 3 rings (SSSR count). The minimum atomic E-state index is -0.0736. The molecule has 0 spiro atoms. The molecule has 6 heteroatoms. The van der Waals surface area contributed by atoms with E-state index < -0.39 is 0 Å². The van der Waals surface area contributed by atoms with Crippen molar-refractivity contribution in [2.24, 2.45) is 0 Å². The van der Waals surface area contributed by atoms with Gasteiger partial charge in [0.15, 0.2) is 0 Å². The van der Waals surface area contributed by atoms with Crippen LogP contribution in [0, 0.1) is 3.57 Å². The summed E-state index contributed by atoms with van der Waals surface area (Å²) in [6, 6.07) is 13.8. The van der Waals surface area contributed by atoms with Gasteiger partial charge in [-0.1, -0.05) is 35.9 Å². The molecule has 0 aromatic heterocycles. The highest BCUT2D eigenvalue weighted by molar-refractivity contribution is 14.1. The highest BCUT2D eigenvalue weighted by Crippen LogP contribution is 2.18. The lowest BCUT2D eigenvalue weighted by Crippen LogP contribution is -2.43. The summed E-state index contributed by atoms with van der Waals surface area (Å²) >= 11 is 8.10.